The number of ether oxygens (including phenoxy) is 2. The summed E-state index contributed by atoms with van der Waals surface area (Å²) in [6.45, 7) is 2.90. The van der Waals surface area contributed by atoms with Crippen molar-refractivity contribution in [3.05, 3.63) is 54.1 Å². The van der Waals surface area contributed by atoms with Crippen molar-refractivity contribution in [3.8, 4) is 5.75 Å². The highest BCUT2D eigenvalue weighted by Gasteiger charge is 2.26. The van der Waals surface area contributed by atoms with Gasteiger partial charge in [0.05, 0.1) is 11.5 Å². The first-order chi connectivity index (χ1) is 15.8. The van der Waals surface area contributed by atoms with E-state index in [-0.39, 0.29) is 11.3 Å². The van der Waals surface area contributed by atoms with Gasteiger partial charge in [-0.2, -0.15) is 4.31 Å². The molecule has 1 fully saturated rings. The second-order valence-corrected chi connectivity index (χ2v) is 9.91. The van der Waals surface area contributed by atoms with E-state index in [0.717, 1.165) is 30.6 Å². The van der Waals surface area contributed by atoms with Gasteiger partial charge in [-0.05, 0) is 62.1 Å². The number of nitrogens with one attached hydrogen (secondary N) is 1. The van der Waals surface area contributed by atoms with E-state index in [1.165, 1.54) is 16.4 Å². The molecular weight excluding hydrogens is 444 g/mol. The highest BCUT2D eigenvalue weighted by molar-refractivity contribution is 7.89. The SMILES string of the molecule is Cc1cccc(OCCCC(=O)OCC(=O)Nc2cccc(S(=O)(=O)N3CCCCC3)c2)c1. The quantitative estimate of drug-likeness (QED) is 0.418. The minimum absolute atomic E-state index is 0.128. The first kappa shape index (κ1) is 24.7. The Morgan fingerprint density at radius 3 is 2.55 bits per heavy atom. The van der Waals surface area contributed by atoms with Crippen molar-refractivity contribution in [2.45, 2.75) is 43.9 Å². The van der Waals surface area contributed by atoms with Gasteiger partial charge in [0.1, 0.15) is 5.75 Å². The normalized spacial score (nSPS) is 14.5. The van der Waals surface area contributed by atoms with Gasteiger partial charge >= 0.3 is 5.97 Å². The van der Waals surface area contributed by atoms with Crippen LogP contribution < -0.4 is 10.1 Å². The number of carbonyl (C=O) groups is 2. The van der Waals surface area contributed by atoms with Crippen LogP contribution in [0.1, 0.15) is 37.7 Å². The van der Waals surface area contributed by atoms with Gasteiger partial charge in [0.2, 0.25) is 10.0 Å². The van der Waals surface area contributed by atoms with E-state index < -0.39 is 28.5 Å². The molecule has 0 unspecified atom stereocenters. The lowest BCUT2D eigenvalue weighted by molar-refractivity contribution is -0.147. The molecule has 2 aromatic carbocycles. The third-order valence-corrected chi connectivity index (χ3v) is 7.11. The van der Waals surface area contributed by atoms with Crippen molar-refractivity contribution in [2.75, 3.05) is 31.6 Å². The third kappa shape index (κ3) is 7.57. The Bertz CT molecular complexity index is 1060. The average molecular weight is 475 g/mol. The van der Waals surface area contributed by atoms with E-state index in [1.807, 2.05) is 31.2 Å². The fourth-order valence-corrected chi connectivity index (χ4v) is 5.08. The molecule has 1 amide bonds. The zero-order valence-electron chi connectivity index (χ0n) is 18.8. The lowest BCUT2D eigenvalue weighted by Gasteiger charge is -2.26. The number of anilines is 1. The molecule has 8 nitrogen and oxygen atoms in total. The van der Waals surface area contributed by atoms with Gasteiger partial charge < -0.3 is 14.8 Å². The monoisotopic (exact) mass is 474 g/mol. The topological polar surface area (TPSA) is 102 Å². The van der Waals surface area contributed by atoms with Crippen LogP contribution in [0.5, 0.6) is 5.75 Å². The zero-order valence-corrected chi connectivity index (χ0v) is 19.6. The van der Waals surface area contributed by atoms with Gasteiger partial charge in [-0.3, -0.25) is 9.59 Å². The molecule has 9 heteroatoms. The molecule has 0 aromatic heterocycles. The van der Waals surface area contributed by atoms with Crippen molar-refractivity contribution in [1.82, 2.24) is 4.31 Å². The summed E-state index contributed by atoms with van der Waals surface area (Å²) in [5.41, 5.74) is 1.42. The predicted octanol–water partition coefficient (Wildman–Crippen LogP) is 3.51. The molecule has 1 heterocycles. The van der Waals surface area contributed by atoms with Crippen LogP contribution in [-0.2, 0) is 24.3 Å². The van der Waals surface area contributed by atoms with Crippen molar-refractivity contribution in [2.24, 2.45) is 0 Å². The number of hydrogen-bond donors (Lipinski definition) is 1. The molecule has 2 aromatic rings. The first-order valence-corrected chi connectivity index (χ1v) is 12.5. The summed E-state index contributed by atoms with van der Waals surface area (Å²) in [5, 5.41) is 2.58. The van der Waals surface area contributed by atoms with Crippen molar-refractivity contribution >= 4 is 27.6 Å². The summed E-state index contributed by atoms with van der Waals surface area (Å²) in [5.74, 6) is -0.293. The first-order valence-electron chi connectivity index (χ1n) is 11.1. The fourth-order valence-electron chi connectivity index (χ4n) is 3.52. The van der Waals surface area contributed by atoms with Crippen LogP contribution in [0.25, 0.3) is 0 Å². The van der Waals surface area contributed by atoms with Crippen LogP contribution in [0.15, 0.2) is 53.4 Å². The Labute approximate surface area is 194 Å². The molecule has 1 aliphatic rings. The molecule has 1 N–H and O–H groups in total. The van der Waals surface area contributed by atoms with Crippen LogP contribution in [0.4, 0.5) is 5.69 Å². The molecule has 1 saturated heterocycles. The molecule has 0 bridgehead atoms. The minimum Gasteiger partial charge on any atom is -0.494 e. The molecule has 0 atom stereocenters. The van der Waals surface area contributed by atoms with Gasteiger partial charge in [-0.25, -0.2) is 8.42 Å². The van der Waals surface area contributed by atoms with Crippen molar-refractivity contribution < 1.29 is 27.5 Å². The maximum Gasteiger partial charge on any atom is 0.306 e. The largest absolute Gasteiger partial charge is 0.494 e. The summed E-state index contributed by atoms with van der Waals surface area (Å²) in [6.07, 6.45) is 3.31. The van der Waals surface area contributed by atoms with Gasteiger partial charge in [-0.1, -0.05) is 24.6 Å². The molecule has 0 radical (unpaired) electrons. The fraction of sp³-hybridized carbons (Fsp3) is 0.417. The zero-order chi connectivity index (χ0) is 23.7. The van der Waals surface area contributed by atoms with Crippen LogP contribution in [0, 0.1) is 6.92 Å². The Hall–Kier alpha value is -2.91. The number of hydrogen-bond acceptors (Lipinski definition) is 6. The van der Waals surface area contributed by atoms with Gasteiger partial charge in [0, 0.05) is 25.2 Å². The number of benzene rings is 2. The predicted molar refractivity (Wildman–Crippen MR) is 125 cm³/mol. The van der Waals surface area contributed by atoms with Crippen LogP contribution >= 0.6 is 0 Å². The number of aryl methyl sites for hydroxylation is 1. The highest BCUT2D eigenvalue weighted by atomic mass is 32.2. The van der Waals surface area contributed by atoms with E-state index in [1.54, 1.807) is 12.1 Å². The van der Waals surface area contributed by atoms with Crippen molar-refractivity contribution in [1.29, 1.82) is 0 Å². The number of carbonyl (C=O) groups excluding carboxylic acids is 2. The highest BCUT2D eigenvalue weighted by Crippen LogP contribution is 2.23. The summed E-state index contributed by atoms with van der Waals surface area (Å²) in [6, 6.07) is 13.7. The third-order valence-electron chi connectivity index (χ3n) is 5.22. The number of nitrogens with zero attached hydrogens (tertiary/aromatic N) is 1. The molecule has 1 aliphatic heterocycles. The maximum absolute atomic E-state index is 12.8. The number of esters is 1. The van der Waals surface area contributed by atoms with Crippen LogP contribution in [0.2, 0.25) is 0 Å². The Balaban J connectivity index is 1.41. The smallest absolute Gasteiger partial charge is 0.306 e. The summed E-state index contributed by atoms with van der Waals surface area (Å²) < 4.78 is 37.7. The second kappa shape index (κ2) is 11.8. The van der Waals surface area contributed by atoms with Gasteiger partial charge in [0.15, 0.2) is 6.61 Å². The number of amides is 1. The lowest BCUT2D eigenvalue weighted by atomic mass is 10.2. The van der Waals surface area contributed by atoms with E-state index in [9.17, 15) is 18.0 Å². The number of piperidine rings is 1. The van der Waals surface area contributed by atoms with Crippen LogP contribution in [0.3, 0.4) is 0 Å². The molecule has 33 heavy (non-hydrogen) atoms. The van der Waals surface area contributed by atoms with Crippen molar-refractivity contribution in [3.63, 3.8) is 0 Å². The van der Waals surface area contributed by atoms with E-state index in [2.05, 4.69) is 5.32 Å². The summed E-state index contributed by atoms with van der Waals surface area (Å²) >= 11 is 0. The summed E-state index contributed by atoms with van der Waals surface area (Å²) in [4.78, 5) is 24.2. The molecular formula is C24H30N2O6S. The molecule has 0 aliphatic carbocycles. The molecule has 0 saturated carbocycles. The van der Waals surface area contributed by atoms with Gasteiger partial charge in [-0.15, -0.1) is 0 Å². The van der Waals surface area contributed by atoms with E-state index in [4.69, 9.17) is 9.47 Å². The lowest BCUT2D eigenvalue weighted by Crippen LogP contribution is -2.35. The number of sulfonamides is 1. The molecule has 0 spiro atoms. The van der Waals surface area contributed by atoms with E-state index in [0.29, 0.717) is 31.8 Å². The van der Waals surface area contributed by atoms with E-state index >= 15 is 0 Å². The Kier molecular flexibility index (Phi) is 8.85. The molecule has 3 rings (SSSR count). The van der Waals surface area contributed by atoms with Gasteiger partial charge in [0.25, 0.3) is 5.91 Å². The number of rotatable bonds is 10. The standard InChI is InChI=1S/C24H30N2O6S/c1-19-8-5-10-21(16-19)31-15-7-12-24(28)32-18-23(27)25-20-9-6-11-22(17-20)33(29,30)26-13-3-2-4-14-26/h5-6,8-11,16-17H,2-4,7,12-15,18H2,1H3,(H,25,27). The maximum atomic E-state index is 12.8. The summed E-state index contributed by atoms with van der Waals surface area (Å²) in [7, 11) is -3.60. The Morgan fingerprint density at radius 2 is 1.79 bits per heavy atom. The van der Waals surface area contributed by atoms with Crippen LogP contribution in [-0.4, -0.2) is 50.9 Å². The second-order valence-electron chi connectivity index (χ2n) is 7.97. The minimum atomic E-state index is -3.60. The average Bonchev–Trinajstić information content (AvgIpc) is 2.81. The Morgan fingerprint density at radius 1 is 1.03 bits per heavy atom. The molecule has 178 valence electrons.